The van der Waals surface area contributed by atoms with E-state index >= 15 is 8.78 Å². The monoisotopic (exact) mass is 1760 g/mol. The number of carboxylic acid groups (broad SMARTS) is 2. The van der Waals surface area contributed by atoms with Gasteiger partial charge in [-0.1, -0.05) is 96.3 Å². The minimum Gasteiger partial charge on any atom is -0.479 e. The molecule has 6 fully saturated rings. The highest BCUT2D eigenvalue weighted by molar-refractivity contribution is 7.89. The van der Waals surface area contributed by atoms with Gasteiger partial charge in [-0.05, 0) is 133 Å². The summed E-state index contributed by atoms with van der Waals surface area (Å²) >= 11 is 15.2. The summed E-state index contributed by atoms with van der Waals surface area (Å²) < 4.78 is 197. The van der Waals surface area contributed by atoms with Gasteiger partial charge in [0.2, 0.25) is 0 Å². The van der Waals surface area contributed by atoms with Crippen molar-refractivity contribution in [3.05, 3.63) is 82.9 Å². The van der Waals surface area contributed by atoms with Crippen LogP contribution in [0.3, 0.4) is 0 Å². The summed E-state index contributed by atoms with van der Waals surface area (Å²) in [5.74, 6) is -14.4. The Balaban J connectivity index is 0.000000335. The minimum atomic E-state index is -6.49. The molecule has 8 aliphatic rings. The number of carbonyl (C=O) groups is 8. The van der Waals surface area contributed by atoms with Gasteiger partial charge in [0.1, 0.15) is 41.6 Å². The Morgan fingerprint density at radius 2 is 0.982 bits per heavy atom. The molecule has 12 atom stereocenters. The number of carbonyl (C=O) groups excluding carboxylic acids is 6. The molecule has 2 saturated heterocycles. The van der Waals surface area contributed by atoms with E-state index in [1.54, 1.807) is 18.2 Å². The van der Waals surface area contributed by atoms with E-state index in [0.717, 1.165) is 19.0 Å². The number of esters is 2. The van der Waals surface area contributed by atoms with Gasteiger partial charge in [0.05, 0.1) is 39.8 Å². The number of aliphatic carboxylic acids is 2. The summed E-state index contributed by atoms with van der Waals surface area (Å²) in [5, 5.41) is 16.0. The zero-order valence-electron chi connectivity index (χ0n) is 61.9. The Kier molecular flexibility index (Phi) is 35.1. The fourth-order valence-electron chi connectivity index (χ4n) is 14.1. The molecule has 4 aromatic carbocycles. The number of rotatable bonds is 23. The fraction of sp³-hybridized carbons (Fsp3) is 0.588. The van der Waals surface area contributed by atoms with E-state index < -0.39 is 194 Å². The van der Waals surface area contributed by atoms with Gasteiger partial charge in [-0.3, -0.25) is 37.7 Å². The van der Waals surface area contributed by atoms with Gasteiger partial charge in [-0.25, -0.2) is 19.2 Å². The summed E-state index contributed by atoms with van der Waals surface area (Å²) in [5.41, 5.74) is -0.438. The quantitative estimate of drug-likeness (QED) is 0.00714. The first-order chi connectivity index (χ1) is 51.7. The SMILES string of the molecule is C.C.CCCCC(Oc1cc2c3c(cccc3c1)C(=O)N(O)C2=O)C(=O)O.CCCCC(Oc1cc2c3c(cccc3c1)C(=O)N(OS(=O)(=O)C(F)(F)C(=O)OC1C3CC4OS(=O)(=O)C1C4C3)C2=O)C(=O)O.CCN(C(C)C)C(C)C.C[Si](C)(C)Cl.ClCCl.O=C(OC1C2CC3OS(=O)(=O)C1C3C2)C(F)(F)S(=O)(=O)F.[B]B([B])[B]. The number of halogens is 8. The van der Waals surface area contributed by atoms with E-state index in [2.05, 4.69) is 91.4 Å². The van der Waals surface area contributed by atoms with Crippen LogP contribution >= 0.6 is 34.3 Å². The Morgan fingerprint density at radius 3 is 1.32 bits per heavy atom. The molecule has 4 bridgehead atoms. The van der Waals surface area contributed by atoms with Crippen LogP contribution in [0.5, 0.6) is 11.5 Å². The second-order valence-corrected chi connectivity index (χ2v) is 43.0. The zero-order chi connectivity index (χ0) is 84.8. The molecule has 0 aromatic heterocycles. The number of hydroxylamine groups is 4. The van der Waals surface area contributed by atoms with Gasteiger partial charge in [0.15, 0.2) is 12.2 Å². The molecule has 12 unspecified atom stereocenters. The number of hydrogen-bond donors (Lipinski definition) is 3. The number of amides is 4. The van der Waals surface area contributed by atoms with Gasteiger partial charge in [0.25, 0.3) is 43.9 Å². The highest BCUT2D eigenvalue weighted by Gasteiger charge is 2.70. The van der Waals surface area contributed by atoms with Crippen LogP contribution in [0.1, 0.15) is 169 Å². The molecule has 6 radical (unpaired) electrons. The third kappa shape index (κ3) is 23.0. The molecular weight excluding hydrogens is 1680 g/mol. The summed E-state index contributed by atoms with van der Waals surface area (Å²) in [4.78, 5) is 100. The van der Waals surface area contributed by atoms with Crippen LogP contribution in [0.15, 0.2) is 60.7 Å². The van der Waals surface area contributed by atoms with Crippen molar-refractivity contribution in [3.8, 4) is 11.5 Å². The Bertz CT molecular complexity index is 4660. The molecule has 4 aliphatic heterocycles. The Hall–Kier alpha value is -6.24. The number of alkyl halides is 6. The van der Waals surface area contributed by atoms with E-state index in [4.69, 9.17) is 56.9 Å². The lowest BCUT2D eigenvalue weighted by Gasteiger charge is -2.28. The van der Waals surface area contributed by atoms with Crippen LogP contribution in [0.2, 0.25) is 19.6 Å². The lowest BCUT2D eigenvalue weighted by molar-refractivity contribution is -0.170. The number of nitrogens with zero attached hydrogens (tertiary/aromatic N) is 3. The van der Waals surface area contributed by atoms with E-state index in [-0.39, 0.29) is 89.9 Å². The van der Waals surface area contributed by atoms with Gasteiger partial charge >= 0.3 is 54.7 Å². The second-order valence-electron chi connectivity index (χ2n) is 28.2. The number of unbranched alkanes of at least 4 members (excludes halogenated alkanes) is 2. The highest BCUT2D eigenvalue weighted by Crippen LogP contribution is 2.57. The normalized spacial score (nSPS) is 23.2. The predicted molar refractivity (Wildman–Crippen MR) is 416 cm³/mol. The first-order valence-corrected chi connectivity index (χ1v) is 46.1. The van der Waals surface area contributed by atoms with Crippen molar-refractivity contribution in [3.63, 3.8) is 0 Å². The molecule has 3 N–H and O–H groups in total. The molecule has 4 saturated carbocycles. The lowest BCUT2D eigenvalue weighted by atomic mass is 9.08. The average Bonchev–Trinajstić information content (AvgIpc) is 1.54. The van der Waals surface area contributed by atoms with Crippen molar-refractivity contribution in [2.24, 2.45) is 23.7 Å². The number of imide groups is 2. The number of benzene rings is 4. The molecule has 4 aliphatic carbocycles. The molecule has 0 spiro atoms. The summed E-state index contributed by atoms with van der Waals surface area (Å²) in [6, 6.07) is 15.5. The third-order valence-electron chi connectivity index (χ3n) is 18.5. The van der Waals surface area contributed by atoms with Crippen LogP contribution < -0.4 is 9.47 Å². The van der Waals surface area contributed by atoms with Crippen molar-refractivity contribution >= 4 is 181 Å². The van der Waals surface area contributed by atoms with Gasteiger partial charge < -0.3 is 29.2 Å². The Labute approximate surface area is 679 Å². The van der Waals surface area contributed by atoms with E-state index in [9.17, 15) is 100 Å². The maximum atomic E-state index is 15.2. The number of fused-ring (bicyclic) bond motifs is 2. The van der Waals surface area contributed by atoms with Gasteiger partial charge in [-0.15, -0.1) is 37.6 Å². The van der Waals surface area contributed by atoms with Crippen molar-refractivity contribution in [1.82, 2.24) is 15.0 Å². The maximum absolute atomic E-state index is 15.2. The molecule has 4 aromatic rings. The lowest BCUT2D eigenvalue weighted by Crippen LogP contribution is -2.50. The minimum absolute atomic E-state index is 0. The van der Waals surface area contributed by atoms with Crippen LogP contribution in [0, 0.1) is 23.7 Å². The van der Waals surface area contributed by atoms with E-state index in [1.165, 1.54) is 36.4 Å². The van der Waals surface area contributed by atoms with Crippen molar-refractivity contribution in [2.45, 2.75) is 217 Å². The summed E-state index contributed by atoms with van der Waals surface area (Å²) in [6.45, 7) is 22.4. The van der Waals surface area contributed by atoms with Crippen molar-refractivity contribution < 1.29 is 140 Å². The molecule has 628 valence electrons. The van der Waals surface area contributed by atoms with Crippen molar-refractivity contribution in [1.29, 1.82) is 0 Å². The topological polar surface area (TPSA) is 408 Å². The zero-order valence-corrected chi connectivity index (χ0v) is 68.4. The number of ether oxygens (including phenoxy) is 4. The third-order valence-corrected chi connectivity index (χ3v) is 24.1. The molecule has 46 heteroatoms. The maximum Gasteiger partial charge on any atom is 0.470 e. The molecular formula is C68H89B4Cl3F5N3O26S4Si. The van der Waals surface area contributed by atoms with Crippen LogP contribution in [-0.4, -0.2) is 230 Å². The predicted octanol–water partition coefficient (Wildman–Crippen LogP) is 10.5. The summed E-state index contributed by atoms with van der Waals surface area (Å²) in [7, 11) is -8.41. The highest BCUT2D eigenvalue weighted by atomic mass is 35.6. The first-order valence-electron chi connectivity index (χ1n) is 34.8. The standard InChI is InChI=1S/C27H25F2NO13S2.C18H17NO6.C9H9F3O7S2.C8H19N.C3H9ClSi.CH2Cl2.2CH4.B4/c1-2-3-7-18(25(33)34)40-14-8-12-5-4-6-15-20(12)17(11-14)24(32)30(23(15)31)43-45(38,39)27(28,29)26(35)41-21-13-9-16-19(10-13)42-44(36,37)22(16)21;1-2-3-7-14(18(22)23)25-11-8-10-5-4-6-12-15(10)13(9-11)17(21)19(24)16(12)20;10-9(11,21(12,16)17)8(13)18-6-3-1-4-5(2-3)19-20(14,15)7(4)6;1-6-9(7(2)3)8(4)5;1-5(2,3)4;2-1-3;;;1-4(2)3/h4-6,8,11,13,16,18-19,21-22H,2-3,7,9-10H2,1H3,(H,33,34);4-6,8-9,14,24H,2-3,7H2,1H3,(H,22,23);3-7H,1-2H2;7-8H,6H2,1-5H3;1-3H3;1H2;2*1H4;. The molecule has 29 nitrogen and oxygen atoms in total. The van der Waals surface area contributed by atoms with Gasteiger partial charge in [-0.2, -0.15) is 62.3 Å². The molecule has 4 heterocycles. The van der Waals surface area contributed by atoms with Gasteiger partial charge in [0, 0.05) is 76.1 Å². The molecule has 12 rings (SSSR count). The van der Waals surface area contributed by atoms with E-state index in [1.807, 2.05) is 13.8 Å². The second kappa shape index (κ2) is 40.0. The van der Waals surface area contributed by atoms with E-state index in [0.29, 0.717) is 55.0 Å². The molecule has 4 amide bonds. The van der Waals surface area contributed by atoms with Crippen LogP contribution in [-0.2, 0) is 81.9 Å². The smallest absolute Gasteiger partial charge is 0.470 e. The Morgan fingerprint density at radius 1 is 0.640 bits per heavy atom. The van der Waals surface area contributed by atoms with Crippen LogP contribution in [0.4, 0.5) is 21.4 Å². The molecule has 114 heavy (non-hydrogen) atoms. The van der Waals surface area contributed by atoms with Crippen LogP contribution in [0.25, 0.3) is 21.5 Å². The number of carboxylic acids is 2. The average molecular weight is 1770 g/mol. The summed E-state index contributed by atoms with van der Waals surface area (Å²) in [6.07, 6.45) is -3.32. The number of hydrogen-bond acceptors (Lipinski definition) is 25. The fourth-order valence-corrected chi connectivity index (χ4v) is 19.1. The largest absolute Gasteiger partial charge is 0.479 e. The first kappa shape index (κ1) is 100. The van der Waals surface area contributed by atoms with Crippen molar-refractivity contribution in [2.75, 3.05) is 11.9 Å².